The van der Waals surface area contributed by atoms with Gasteiger partial charge in [-0.2, -0.15) is 0 Å². The second kappa shape index (κ2) is 27.1. The molecular formula is C37H56Cl2N4O10. The van der Waals surface area contributed by atoms with Gasteiger partial charge in [0.1, 0.15) is 0 Å². The van der Waals surface area contributed by atoms with Crippen LogP contribution in [0, 0.1) is 0 Å². The van der Waals surface area contributed by atoms with E-state index in [0.717, 1.165) is 17.7 Å². The van der Waals surface area contributed by atoms with E-state index in [1.54, 1.807) is 43.3 Å². The van der Waals surface area contributed by atoms with Crippen molar-refractivity contribution in [1.29, 1.82) is 0 Å². The lowest BCUT2D eigenvalue weighted by molar-refractivity contribution is -0.131. The van der Waals surface area contributed by atoms with E-state index in [4.69, 9.17) is 56.4 Å². The number of rotatable bonds is 28. The van der Waals surface area contributed by atoms with Crippen molar-refractivity contribution in [2.45, 2.75) is 25.0 Å². The standard InChI is InChI=1S/C37H56Cl2N4O10/c1-42(36(45)25-29-6-7-33(38)34(39)24-29)35(28-43-10-8-32(44)27-43)30-4-3-5-31(26-30)41-37(46)40-9-11-48-14-15-50-18-19-52-22-23-53-21-20-51-17-16-49-13-12-47-2/h3-7,24,26,32,35,44H,8-23,25,27-28H2,1-2H3,(H2,40,41,46). The lowest BCUT2D eigenvalue weighted by Crippen LogP contribution is -2.39. The van der Waals surface area contributed by atoms with Gasteiger partial charge in [-0.25, -0.2) is 4.79 Å². The molecule has 1 aliphatic rings. The summed E-state index contributed by atoms with van der Waals surface area (Å²) >= 11 is 12.2. The predicted molar refractivity (Wildman–Crippen MR) is 203 cm³/mol. The zero-order valence-electron chi connectivity index (χ0n) is 30.9. The molecule has 2 aromatic rings. The molecule has 1 heterocycles. The highest BCUT2D eigenvalue weighted by atomic mass is 35.5. The molecule has 2 unspecified atom stereocenters. The van der Waals surface area contributed by atoms with E-state index in [9.17, 15) is 14.7 Å². The number of benzene rings is 2. The molecule has 1 fully saturated rings. The summed E-state index contributed by atoms with van der Waals surface area (Å²) in [5.41, 5.74) is 2.20. The quantitative estimate of drug-likeness (QED) is 0.109. The second-order valence-electron chi connectivity index (χ2n) is 12.3. The van der Waals surface area contributed by atoms with Crippen LogP contribution in [0.3, 0.4) is 0 Å². The van der Waals surface area contributed by atoms with Crippen LogP contribution < -0.4 is 10.6 Å². The van der Waals surface area contributed by atoms with Crippen molar-refractivity contribution in [3.05, 3.63) is 63.6 Å². The molecule has 3 amide bonds. The van der Waals surface area contributed by atoms with E-state index < -0.39 is 6.10 Å². The Morgan fingerprint density at radius 2 is 1.42 bits per heavy atom. The number of halogens is 2. The van der Waals surface area contributed by atoms with Crippen LogP contribution in [0.5, 0.6) is 0 Å². The molecule has 2 atom stereocenters. The molecule has 14 nitrogen and oxygen atoms in total. The van der Waals surface area contributed by atoms with Crippen molar-refractivity contribution in [3.63, 3.8) is 0 Å². The minimum Gasteiger partial charge on any atom is -0.392 e. The number of β-amino-alcohol motifs (C(OH)–C–C–N with tert-alkyl or cyclic N) is 1. The van der Waals surface area contributed by atoms with Crippen molar-refractivity contribution in [2.24, 2.45) is 0 Å². The van der Waals surface area contributed by atoms with Crippen LogP contribution in [-0.2, 0) is 44.4 Å². The van der Waals surface area contributed by atoms with Crippen LogP contribution in [0.4, 0.5) is 10.5 Å². The number of amides is 3. The van der Waals surface area contributed by atoms with Crippen molar-refractivity contribution in [1.82, 2.24) is 15.1 Å². The smallest absolute Gasteiger partial charge is 0.319 e. The molecule has 1 aliphatic heterocycles. The average Bonchev–Trinajstić information content (AvgIpc) is 3.56. The Balaban J connectivity index is 1.28. The number of nitrogens with one attached hydrogen (secondary N) is 2. The molecule has 3 N–H and O–H groups in total. The Morgan fingerprint density at radius 1 is 0.830 bits per heavy atom. The number of carbonyl (C=O) groups is 2. The van der Waals surface area contributed by atoms with Crippen molar-refractivity contribution in [2.75, 3.05) is 132 Å². The molecule has 0 bridgehead atoms. The van der Waals surface area contributed by atoms with E-state index in [1.807, 2.05) is 18.2 Å². The second-order valence-corrected chi connectivity index (χ2v) is 13.1. The number of methoxy groups -OCH3 is 1. The predicted octanol–water partition coefficient (Wildman–Crippen LogP) is 3.67. The van der Waals surface area contributed by atoms with Crippen molar-refractivity contribution in [3.8, 4) is 0 Å². The summed E-state index contributed by atoms with van der Waals surface area (Å²) in [5.74, 6) is -0.0984. The first kappa shape index (κ1) is 44.8. The Kier molecular flexibility index (Phi) is 22.9. The molecule has 0 spiro atoms. The van der Waals surface area contributed by atoms with Gasteiger partial charge in [0.05, 0.1) is 115 Å². The zero-order chi connectivity index (χ0) is 38.1. The fraction of sp³-hybridized carbons (Fsp3) is 0.622. The van der Waals surface area contributed by atoms with E-state index in [1.165, 1.54) is 0 Å². The number of hydrogen-bond donors (Lipinski definition) is 3. The SMILES string of the molecule is COCCOCCOCCOCCOCCOCCOCCNC(=O)Nc1cccc(C(CN2CCC(O)C2)N(C)C(=O)Cc2ccc(Cl)c(Cl)c2)c1. The number of urea groups is 1. The van der Waals surface area contributed by atoms with Crippen LogP contribution >= 0.6 is 23.2 Å². The van der Waals surface area contributed by atoms with Gasteiger partial charge in [0.25, 0.3) is 0 Å². The van der Waals surface area contributed by atoms with Gasteiger partial charge >= 0.3 is 6.03 Å². The van der Waals surface area contributed by atoms with Crippen LogP contribution in [0.1, 0.15) is 23.6 Å². The normalized spacial score (nSPS) is 15.1. The van der Waals surface area contributed by atoms with Gasteiger partial charge in [-0.15, -0.1) is 0 Å². The fourth-order valence-electron chi connectivity index (χ4n) is 5.38. The number of likely N-dealkylation sites (tertiary alicyclic amines) is 1. The highest BCUT2D eigenvalue weighted by Crippen LogP contribution is 2.27. The number of aliphatic hydroxyl groups is 1. The number of aliphatic hydroxyl groups excluding tert-OH is 1. The third-order valence-corrected chi connectivity index (χ3v) is 8.97. The maximum Gasteiger partial charge on any atom is 0.319 e. The van der Waals surface area contributed by atoms with E-state index in [-0.39, 0.29) is 24.4 Å². The van der Waals surface area contributed by atoms with Crippen LogP contribution in [-0.4, -0.2) is 159 Å². The van der Waals surface area contributed by atoms with Gasteiger partial charge < -0.3 is 53.8 Å². The summed E-state index contributed by atoms with van der Waals surface area (Å²) in [6.07, 6.45) is 0.443. The molecular weight excluding hydrogens is 731 g/mol. The van der Waals surface area contributed by atoms with Crippen LogP contribution in [0.2, 0.25) is 10.0 Å². The van der Waals surface area contributed by atoms with Gasteiger partial charge in [-0.1, -0.05) is 41.4 Å². The lowest BCUT2D eigenvalue weighted by atomic mass is 10.0. The highest BCUT2D eigenvalue weighted by molar-refractivity contribution is 6.42. The van der Waals surface area contributed by atoms with Gasteiger partial charge in [-0.3, -0.25) is 9.69 Å². The number of ether oxygens (including phenoxy) is 7. The Labute approximate surface area is 323 Å². The topological polar surface area (TPSA) is 150 Å². The van der Waals surface area contributed by atoms with Crippen molar-refractivity contribution >= 4 is 40.8 Å². The largest absolute Gasteiger partial charge is 0.392 e. The van der Waals surface area contributed by atoms with Crippen LogP contribution in [0.15, 0.2) is 42.5 Å². The first-order chi connectivity index (χ1) is 25.8. The van der Waals surface area contributed by atoms with E-state index in [2.05, 4.69) is 15.5 Å². The maximum absolute atomic E-state index is 13.4. The number of hydrogen-bond acceptors (Lipinski definition) is 11. The van der Waals surface area contributed by atoms with Gasteiger partial charge in [0.2, 0.25) is 5.91 Å². The number of anilines is 1. The lowest BCUT2D eigenvalue weighted by Gasteiger charge is -2.32. The molecule has 0 saturated carbocycles. The van der Waals surface area contributed by atoms with Gasteiger partial charge in [-0.05, 0) is 41.8 Å². The highest BCUT2D eigenvalue weighted by Gasteiger charge is 2.28. The summed E-state index contributed by atoms with van der Waals surface area (Å²) < 4.78 is 37.6. The summed E-state index contributed by atoms with van der Waals surface area (Å²) in [5, 5.41) is 16.6. The molecule has 53 heavy (non-hydrogen) atoms. The first-order valence-electron chi connectivity index (χ1n) is 18.0. The molecule has 1 saturated heterocycles. The molecule has 0 aliphatic carbocycles. The molecule has 0 aromatic heterocycles. The molecule has 298 valence electrons. The minimum atomic E-state index is -0.391. The molecule has 0 radical (unpaired) electrons. The maximum atomic E-state index is 13.4. The number of nitrogens with zero attached hydrogens (tertiary/aromatic N) is 2. The van der Waals surface area contributed by atoms with Gasteiger partial charge in [0.15, 0.2) is 0 Å². The minimum absolute atomic E-state index is 0.0984. The van der Waals surface area contributed by atoms with E-state index in [0.29, 0.717) is 128 Å². The third-order valence-electron chi connectivity index (χ3n) is 8.23. The third kappa shape index (κ3) is 19.0. The van der Waals surface area contributed by atoms with Crippen molar-refractivity contribution < 1.29 is 47.9 Å². The summed E-state index contributed by atoms with van der Waals surface area (Å²) in [6, 6.07) is 11.9. The fourth-order valence-corrected chi connectivity index (χ4v) is 5.70. The van der Waals surface area contributed by atoms with Gasteiger partial charge in [0, 0.05) is 46.0 Å². The Hall–Kier alpha value is -2.60. The molecule has 16 heteroatoms. The zero-order valence-corrected chi connectivity index (χ0v) is 32.4. The number of likely N-dealkylation sites (N-methyl/N-ethyl adjacent to an activating group) is 1. The molecule has 2 aromatic carbocycles. The Bertz CT molecular complexity index is 1330. The molecule has 3 rings (SSSR count). The summed E-state index contributed by atoms with van der Waals surface area (Å²) in [7, 11) is 3.40. The summed E-state index contributed by atoms with van der Waals surface area (Å²) in [4.78, 5) is 29.9. The Morgan fingerprint density at radius 3 is 1.96 bits per heavy atom. The van der Waals surface area contributed by atoms with E-state index >= 15 is 0 Å². The first-order valence-corrected chi connectivity index (χ1v) is 18.7. The average molecular weight is 788 g/mol. The van der Waals surface area contributed by atoms with Crippen LogP contribution in [0.25, 0.3) is 0 Å². The summed E-state index contributed by atoms with van der Waals surface area (Å²) in [6.45, 7) is 8.28. The monoisotopic (exact) mass is 786 g/mol. The number of carbonyl (C=O) groups excluding carboxylic acids is 2.